The zero-order valence-corrected chi connectivity index (χ0v) is 8.58. The Morgan fingerprint density at radius 2 is 2.33 bits per heavy atom. The van der Waals surface area contributed by atoms with Crippen LogP contribution in [-0.2, 0) is 0 Å². The van der Waals surface area contributed by atoms with Gasteiger partial charge < -0.3 is 10.3 Å². The number of aromatic nitrogens is 4. The molecule has 0 spiro atoms. The van der Waals surface area contributed by atoms with Gasteiger partial charge in [0.05, 0.1) is 6.33 Å². The van der Waals surface area contributed by atoms with Gasteiger partial charge in [0.2, 0.25) is 0 Å². The number of rotatable bonds is 3. The van der Waals surface area contributed by atoms with Crippen molar-refractivity contribution in [1.82, 2.24) is 19.9 Å². The van der Waals surface area contributed by atoms with Crippen LogP contribution in [0.5, 0.6) is 0 Å². The van der Waals surface area contributed by atoms with Crippen molar-refractivity contribution in [3.05, 3.63) is 12.4 Å². The van der Waals surface area contributed by atoms with Crippen LogP contribution in [0, 0.1) is 6.08 Å². The second kappa shape index (κ2) is 3.80. The van der Waals surface area contributed by atoms with Gasteiger partial charge in [0.15, 0.2) is 11.5 Å². The van der Waals surface area contributed by atoms with Crippen molar-refractivity contribution >= 4 is 17.0 Å². The van der Waals surface area contributed by atoms with Gasteiger partial charge in [-0.15, -0.1) is 0 Å². The van der Waals surface area contributed by atoms with Crippen LogP contribution in [0.4, 0.5) is 10.2 Å². The number of hydrogen-bond donors (Lipinski definition) is 2. The second-order valence-corrected chi connectivity index (χ2v) is 3.39. The van der Waals surface area contributed by atoms with Crippen molar-refractivity contribution in [3.8, 4) is 0 Å². The maximum Gasteiger partial charge on any atom is 0.312 e. The Morgan fingerprint density at radius 3 is 3.07 bits per heavy atom. The van der Waals surface area contributed by atoms with Crippen molar-refractivity contribution in [1.29, 1.82) is 0 Å². The molecular weight excluding hydrogens is 197 g/mol. The number of hydrogen-bond acceptors (Lipinski definition) is 4. The number of H-pyrrole nitrogens is 1. The van der Waals surface area contributed by atoms with Crippen molar-refractivity contribution < 1.29 is 4.39 Å². The molecule has 2 rings (SSSR count). The van der Waals surface area contributed by atoms with E-state index in [1.165, 1.54) is 6.33 Å². The van der Waals surface area contributed by atoms with Gasteiger partial charge in [-0.2, -0.15) is 14.4 Å². The number of anilines is 1. The normalized spacial score (nSPS) is 13.0. The van der Waals surface area contributed by atoms with Crippen LogP contribution in [0.1, 0.15) is 20.3 Å². The highest BCUT2D eigenvalue weighted by atomic mass is 19.1. The van der Waals surface area contributed by atoms with Crippen LogP contribution < -0.4 is 5.32 Å². The summed E-state index contributed by atoms with van der Waals surface area (Å²) in [7, 11) is 0. The molecule has 0 aliphatic heterocycles. The minimum absolute atomic E-state index is 0.221. The fourth-order valence-electron chi connectivity index (χ4n) is 1.24. The molecule has 0 amide bonds. The lowest BCUT2D eigenvalue weighted by molar-refractivity contribution is 0.544. The van der Waals surface area contributed by atoms with E-state index >= 15 is 0 Å². The van der Waals surface area contributed by atoms with E-state index in [0.717, 1.165) is 6.42 Å². The van der Waals surface area contributed by atoms with Gasteiger partial charge in [-0.25, -0.2) is 4.98 Å². The minimum atomic E-state index is -0.752. The summed E-state index contributed by atoms with van der Waals surface area (Å²) in [5.41, 5.74) is 0.977. The number of aromatic amines is 1. The summed E-state index contributed by atoms with van der Waals surface area (Å²) in [5.74, 6) is 0.438. The number of nitrogens with one attached hydrogen (secondary N) is 2. The zero-order chi connectivity index (χ0) is 10.8. The van der Waals surface area contributed by atoms with Crippen LogP contribution in [0.2, 0.25) is 0 Å². The monoisotopic (exact) mass is 209 g/mol. The predicted octanol–water partition coefficient (Wildman–Crippen LogP) is 1.70. The van der Waals surface area contributed by atoms with Gasteiger partial charge in [0.1, 0.15) is 5.52 Å². The fourth-order valence-corrected chi connectivity index (χ4v) is 1.24. The molecule has 0 fully saturated rings. The standard InChI is InChI=1S/C9H12FN5/c1-3-5(2)13-8-6-7(12-4-11-6)14-9(10)15-8/h4-5H,3H2,1-2H3,(H2,11,12,13,14,15)/t5-/m1/s1. The van der Waals surface area contributed by atoms with Crippen molar-refractivity contribution in [3.63, 3.8) is 0 Å². The first-order valence-electron chi connectivity index (χ1n) is 4.84. The molecule has 6 heteroatoms. The Hall–Kier alpha value is -1.72. The summed E-state index contributed by atoms with van der Waals surface area (Å²) >= 11 is 0. The van der Waals surface area contributed by atoms with E-state index in [2.05, 4.69) is 25.3 Å². The molecule has 0 saturated heterocycles. The first-order chi connectivity index (χ1) is 7.20. The second-order valence-electron chi connectivity index (χ2n) is 3.39. The van der Waals surface area contributed by atoms with Gasteiger partial charge in [-0.05, 0) is 13.3 Å². The minimum Gasteiger partial charge on any atom is -0.366 e. The molecule has 0 aromatic carbocycles. The molecule has 0 saturated carbocycles. The lowest BCUT2D eigenvalue weighted by atomic mass is 10.2. The van der Waals surface area contributed by atoms with Crippen LogP contribution in [-0.4, -0.2) is 26.0 Å². The summed E-state index contributed by atoms with van der Waals surface area (Å²) < 4.78 is 13.0. The summed E-state index contributed by atoms with van der Waals surface area (Å²) in [6.07, 6.45) is 1.65. The molecule has 0 unspecified atom stereocenters. The average Bonchev–Trinajstić information content (AvgIpc) is 2.65. The molecule has 15 heavy (non-hydrogen) atoms. The number of nitrogens with zero attached hydrogens (tertiary/aromatic N) is 3. The fraction of sp³-hybridized carbons (Fsp3) is 0.444. The maximum absolute atomic E-state index is 13.0. The van der Waals surface area contributed by atoms with Crippen LogP contribution in [0.25, 0.3) is 11.2 Å². The number of fused-ring (bicyclic) bond motifs is 1. The van der Waals surface area contributed by atoms with E-state index in [0.29, 0.717) is 17.0 Å². The van der Waals surface area contributed by atoms with Gasteiger partial charge in [0, 0.05) is 6.04 Å². The first kappa shape index (κ1) is 9.82. The molecule has 2 aromatic heterocycles. The van der Waals surface area contributed by atoms with Crippen LogP contribution >= 0.6 is 0 Å². The van der Waals surface area contributed by atoms with Crippen LogP contribution in [0.3, 0.4) is 0 Å². The largest absolute Gasteiger partial charge is 0.366 e. The van der Waals surface area contributed by atoms with E-state index in [1.807, 2.05) is 13.8 Å². The molecular formula is C9H12FN5. The first-order valence-corrected chi connectivity index (χ1v) is 4.84. The molecule has 1 atom stereocenters. The number of imidazole rings is 1. The smallest absolute Gasteiger partial charge is 0.312 e. The van der Waals surface area contributed by atoms with E-state index in [4.69, 9.17) is 0 Å². The maximum atomic E-state index is 13.0. The third kappa shape index (κ3) is 1.88. The lowest BCUT2D eigenvalue weighted by Crippen LogP contribution is -2.15. The molecule has 0 aliphatic rings. The van der Waals surface area contributed by atoms with E-state index in [1.54, 1.807) is 0 Å². The van der Waals surface area contributed by atoms with Gasteiger partial charge in [0.25, 0.3) is 0 Å². The predicted molar refractivity (Wildman–Crippen MR) is 55.0 cm³/mol. The van der Waals surface area contributed by atoms with E-state index in [-0.39, 0.29) is 6.04 Å². The van der Waals surface area contributed by atoms with Gasteiger partial charge >= 0.3 is 6.08 Å². The quantitative estimate of drug-likeness (QED) is 0.755. The molecule has 2 aromatic rings. The Labute approximate surface area is 86.2 Å². The van der Waals surface area contributed by atoms with E-state index < -0.39 is 6.08 Å². The molecule has 80 valence electrons. The van der Waals surface area contributed by atoms with Crippen molar-refractivity contribution in [2.24, 2.45) is 0 Å². The topological polar surface area (TPSA) is 66.5 Å². The van der Waals surface area contributed by atoms with Gasteiger partial charge in [-0.3, -0.25) is 0 Å². The average molecular weight is 209 g/mol. The zero-order valence-electron chi connectivity index (χ0n) is 8.58. The Morgan fingerprint density at radius 1 is 1.53 bits per heavy atom. The molecule has 2 heterocycles. The summed E-state index contributed by atoms with van der Waals surface area (Å²) in [6, 6.07) is 0.221. The lowest BCUT2D eigenvalue weighted by Gasteiger charge is -2.11. The van der Waals surface area contributed by atoms with Crippen LogP contribution in [0.15, 0.2) is 6.33 Å². The van der Waals surface area contributed by atoms with Crippen molar-refractivity contribution in [2.45, 2.75) is 26.3 Å². The summed E-state index contributed by atoms with van der Waals surface area (Å²) in [6.45, 7) is 4.04. The Kier molecular flexibility index (Phi) is 2.49. The third-order valence-corrected chi connectivity index (χ3v) is 2.25. The third-order valence-electron chi connectivity index (χ3n) is 2.25. The summed E-state index contributed by atoms with van der Waals surface area (Å²) in [4.78, 5) is 14.1. The highest BCUT2D eigenvalue weighted by Crippen LogP contribution is 2.17. The SMILES string of the molecule is CC[C@@H](C)Nc1nc(F)nc2[nH]cnc12. The molecule has 0 bridgehead atoms. The van der Waals surface area contributed by atoms with Crippen molar-refractivity contribution in [2.75, 3.05) is 5.32 Å². The van der Waals surface area contributed by atoms with Gasteiger partial charge in [-0.1, -0.05) is 6.92 Å². The highest BCUT2D eigenvalue weighted by Gasteiger charge is 2.10. The van der Waals surface area contributed by atoms with E-state index in [9.17, 15) is 4.39 Å². The Balaban J connectivity index is 2.44. The highest BCUT2D eigenvalue weighted by molar-refractivity contribution is 5.82. The molecule has 5 nitrogen and oxygen atoms in total. The Bertz CT molecular complexity index is 466. The number of halogens is 1. The molecule has 0 aliphatic carbocycles. The summed E-state index contributed by atoms with van der Waals surface area (Å²) in [5, 5.41) is 3.09. The molecule has 0 radical (unpaired) electrons. The molecule has 2 N–H and O–H groups in total.